The summed E-state index contributed by atoms with van der Waals surface area (Å²) in [5, 5.41) is 13.0. The Bertz CT molecular complexity index is 3220. The molecule has 0 atom stereocenters. The Morgan fingerprint density at radius 1 is 0.327 bits per heavy atom. The average molecular weight is 622 g/mol. The molecule has 4 heterocycles. The monoisotopic (exact) mass is 621 g/mol. The zero-order valence-electron chi connectivity index (χ0n) is 26.4. The van der Waals surface area contributed by atoms with Gasteiger partial charge >= 0.3 is 0 Å². The molecule has 0 radical (unpaired) electrons. The van der Waals surface area contributed by atoms with Crippen LogP contribution in [0.2, 0.25) is 0 Å². The summed E-state index contributed by atoms with van der Waals surface area (Å²) in [5.74, 6) is 0. The molecule has 0 amide bonds. The maximum absolute atomic E-state index is 2.57. The minimum absolute atomic E-state index is 1.13. The van der Waals surface area contributed by atoms with Crippen molar-refractivity contribution in [1.82, 2.24) is 8.80 Å². The number of anilines is 3. The topological polar surface area (TPSA) is 12.1 Å². The van der Waals surface area contributed by atoms with E-state index in [0.29, 0.717) is 0 Å². The van der Waals surface area contributed by atoms with E-state index in [1.54, 1.807) is 0 Å². The summed E-state index contributed by atoms with van der Waals surface area (Å²) in [6, 6.07) is 60.1. The Morgan fingerprint density at radius 2 is 0.837 bits per heavy atom. The van der Waals surface area contributed by atoms with Crippen LogP contribution in [0.4, 0.5) is 17.1 Å². The van der Waals surface area contributed by atoms with Crippen molar-refractivity contribution >= 4 is 104 Å². The van der Waals surface area contributed by atoms with Gasteiger partial charge in [0.05, 0.1) is 38.8 Å². The molecule has 0 fully saturated rings. The van der Waals surface area contributed by atoms with Crippen LogP contribution in [0.1, 0.15) is 0 Å². The van der Waals surface area contributed by atoms with Gasteiger partial charge in [-0.15, -0.1) is 0 Å². The molecule has 3 heteroatoms. The van der Waals surface area contributed by atoms with Crippen LogP contribution in [0.25, 0.3) is 87.0 Å². The van der Waals surface area contributed by atoms with Gasteiger partial charge in [0.25, 0.3) is 0 Å². The molecule has 0 aliphatic carbocycles. The molecule has 0 bridgehead atoms. The second kappa shape index (κ2) is 9.06. The normalized spacial score (nSPS) is 12.5. The SMILES string of the molecule is c1ccc(N(c2ccccc2)c2cc3ccccc3c3c4cccc5c6c7c8cccc9c%10ccccc%10n(c7ccc6n(c23)c54)c98)cc1. The standard InChI is InChI=1S/C46H27N3/c1-3-14-29(15-4-1)47(30-16-5-2-6-17-30)40-27-28-13-7-8-18-31(28)41-34-21-12-23-36-43-39(49(45(34)36)46(40)41)26-25-38-42(43)35-22-11-20-33-32-19-9-10-24-37(32)48(38)44(33)35/h1-27H. The van der Waals surface area contributed by atoms with E-state index in [9.17, 15) is 0 Å². The van der Waals surface area contributed by atoms with Crippen molar-refractivity contribution in [2.45, 2.75) is 0 Å². The van der Waals surface area contributed by atoms with Gasteiger partial charge in [0.1, 0.15) is 0 Å². The lowest BCUT2D eigenvalue weighted by molar-refractivity contribution is 1.27. The molecule has 12 aromatic rings. The van der Waals surface area contributed by atoms with Crippen LogP contribution in [-0.2, 0) is 0 Å². The molecule has 0 aliphatic rings. The van der Waals surface area contributed by atoms with Crippen molar-refractivity contribution in [3.05, 3.63) is 164 Å². The molecule has 8 aromatic carbocycles. The first-order valence-corrected chi connectivity index (χ1v) is 17.0. The predicted molar refractivity (Wildman–Crippen MR) is 208 cm³/mol. The van der Waals surface area contributed by atoms with Gasteiger partial charge in [-0.05, 0) is 59.3 Å². The Labute approximate surface area is 280 Å². The van der Waals surface area contributed by atoms with Crippen LogP contribution in [-0.4, -0.2) is 8.80 Å². The number of hydrogen-bond acceptors (Lipinski definition) is 1. The molecule has 0 aliphatic heterocycles. The number of hydrogen-bond donors (Lipinski definition) is 0. The average Bonchev–Trinajstić information content (AvgIpc) is 3.89. The van der Waals surface area contributed by atoms with Crippen LogP contribution in [0.15, 0.2) is 164 Å². The maximum atomic E-state index is 2.57. The Balaban J connectivity index is 1.33. The van der Waals surface area contributed by atoms with E-state index in [4.69, 9.17) is 0 Å². The van der Waals surface area contributed by atoms with Crippen molar-refractivity contribution in [1.29, 1.82) is 0 Å². The Kier molecular flexibility index (Phi) is 4.72. The number of aromatic nitrogens is 2. The third kappa shape index (κ3) is 3.09. The van der Waals surface area contributed by atoms with Crippen LogP contribution in [0.5, 0.6) is 0 Å². The summed E-state index contributed by atoms with van der Waals surface area (Å²) in [6.45, 7) is 0. The number of rotatable bonds is 3. The van der Waals surface area contributed by atoms with E-state index >= 15 is 0 Å². The number of fused-ring (bicyclic) bond motifs is 15. The highest BCUT2D eigenvalue weighted by Crippen LogP contribution is 2.50. The summed E-state index contributed by atoms with van der Waals surface area (Å²) >= 11 is 0. The lowest BCUT2D eigenvalue weighted by Gasteiger charge is -2.27. The number of para-hydroxylation sites is 5. The van der Waals surface area contributed by atoms with E-state index < -0.39 is 0 Å². The van der Waals surface area contributed by atoms with Gasteiger partial charge in [0.15, 0.2) is 0 Å². The minimum Gasteiger partial charge on any atom is -0.308 e. The summed E-state index contributed by atoms with van der Waals surface area (Å²) < 4.78 is 5.06. The summed E-state index contributed by atoms with van der Waals surface area (Å²) in [6.07, 6.45) is 0. The molecule has 49 heavy (non-hydrogen) atoms. The highest BCUT2D eigenvalue weighted by atomic mass is 15.2. The zero-order chi connectivity index (χ0) is 31.8. The fourth-order valence-corrected chi connectivity index (χ4v) is 9.08. The molecule has 0 saturated heterocycles. The molecule has 0 spiro atoms. The highest BCUT2D eigenvalue weighted by molar-refractivity contribution is 6.37. The van der Waals surface area contributed by atoms with Gasteiger partial charge in [0, 0.05) is 54.5 Å². The Hall–Kier alpha value is -6.58. The largest absolute Gasteiger partial charge is 0.308 e. The minimum atomic E-state index is 1.13. The maximum Gasteiger partial charge on any atom is 0.0789 e. The summed E-state index contributed by atoms with van der Waals surface area (Å²) in [4.78, 5) is 2.43. The predicted octanol–water partition coefficient (Wildman–Crippen LogP) is 12.6. The lowest BCUT2D eigenvalue weighted by atomic mass is 9.99. The van der Waals surface area contributed by atoms with Crippen LogP contribution >= 0.6 is 0 Å². The van der Waals surface area contributed by atoms with Gasteiger partial charge in [-0.1, -0.05) is 115 Å². The second-order valence-electron chi connectivity index (χ2n) is 13.3. The van der Waals surface area contributed by atoms with Gasteiger partial charge in [-0.25, -0.2) is 0 Å². The van der Waals surface area contributed by atoms with Crippen LogP contribution in [0.3, 0.4) is 0 Å². The third-order valence-corrected chi connectivity index (χ3v) is 10.9. The molecular weight excluding hydrogens is 595 g/mol. The van der Waals surface area contributed by atoms with Gasteiger partial charge < -0.3 is 13.7 Å². The molecule has 3 nitrogen and oxygen atoms in total. The van der Waals surface area contributed by atoms with E-state index in [2.05, 4.69) is 177 Å². The fourth-order valence-electron chi connectivity index (χ4n) is 9.08. The van der Waals surface area contributed by atoms with E-state index in [1.165, 1.54) is 92.6 Å². The fraction of sp³-hybridized carbons (Fsp3) is 0. The van der Waals surface area contributed by atoms with Gasteiger partial charge in [0.2, 0.25) is 0 Å². The molecular formula is C46H27N3. The quantitative estimate of drug-likeness (QED) is 0.191. The van der Waals surface area contributed by atoms with Crippen molar-refractivity contribution in [2.75, 3.05) is 4.90 Å². The van der Waals surface area contributed by atoms with Crippen molar-refractivity contribution < 1.29 is 0 Å². The molecule has 0 unspecified atom stereocenters. The van der Waals surface area contributed by atoms with Crippen molar-refractivity contribution in [3.63, 3.8) is 0 Å². The van der Waals surface area contributed by atoms with Crippen LogP contribution in [0, 0.1) is 0 Å². The molecule has 226 valence electrons. The van der Waals surface area contributed by atoms with E-state index in [1.807, 2.05) is 0 Å². The first kappa shape index (κ1) is 25.5. The van der Waals surface area contributed by atoms with E-state index in [-0.39, 0.29) is 0 Å². The smallest absolute Gasteiger partial charge is 0.0789 e. The molecule has 0 saturated carbocycles. The van der Waals surface area contributed by atoms with Crippen molar-refractivity contribution in [2.24, 2.45) is 0 Å². The zero-order valence-corrected chi connectivity index (χ0v) is 26.4. The Morgan fingerprint density at radius 3 is 1.53 bits per heavy atom. The first-order chi connectivity index (χ1) is 24.4. The van der Waals surface area contributed by atoms with Gasteiger partial charge in [-0.2, -0.15) is 0 Å². The van der Waals surface area contributed by atoms with Gasteiger partial charge in [-0.3, -0.25) is 0 Å². The summed E-state index contributed by atoms with van der Waals surface area (Å²) in [5.41, 5.74) is 11.0. The molecule has 0 N–H and O–H groups in total. The van der Waals surface area contributed by atoms with E-state index in [0.717, 1.165) is 11.4 Å². The highest BCUT2D eigenvalue weighted by Gasteiger charge is 2.27. The number of benzene rings is 8. The number of nitrogens with zero attached hydrogens (tertiary/aromatic N) is 3. The molecule has 4 aromatic heterocycles. The third-order valence-electron chi connectivity index (χ3n) is 10.9. The van der Waals surface area contributed by atoms with Crippen LogP contribution < -0.4 is 4.90 Å². The molecule has 12 rings (SSSR count). The lowest BCUT2D eigenvalue weighted by Crippen LogP contribution is -2.11. The second-order valence-corrected chi connectivity index (χ2v) is 13.3. The summed E-state index contributed by atoms with van der Waals surface area (Å²) in [7, 11) is 0. The van der Waals surface area contributed by atoms with Crippen molar-refractivity contribution in [3.8, 4) is 0 Å². The first-order valence-electron chi connectivity index (χ1n) is 17.0.